The van der Waals surface area contributed by atoms with E-state index in [9.17, 15) is 0 Å². The summed E-state index contributed by atoms with van der Waals surface area (Å²) in [5.74, 6) is 1.71. The van der Waals surface area contributed by atoms with E-state index in [1.165, 1.54) is 12.8 Å². The average Bonchev–Trinajstić information content (AvgIpc) is 1.57. The first kappa shape index (κ1) is 8.06. The Labute approximate surface area is 64.0 Å². The summed E-state index contributed by atoms with van der Waals surface area (Å²) in [4.78, 5) is 0. The van der Waals surface area contributed by atoms with Gasteiger partial charge in [0.05, 0.1) is 0 Å². The maximum atomic E-state index is 5.62. The zero-order valence-corrected chi connectivity index (χ0v) is 7.35. The molecule has 1 rings (SSSR count). The van der Waals surface area contributed by atoms with Gasteiger partial charge >= 0.3 is 0 Å². The molecule has 1 saturated carbocycles. The molecule has 1 fully saturated rings. The summed E-state index contributed by atoms with van der Waals surface area (Å²) in [5, 5.41) is 0. The minimum Gasteiger partial charge on any atom is -0.330 e. The molecular formula is C9H19N. The summed E-state index contributed by atoms with van der Waals surface area (Å²) in [6, 6.07) is 0. The monoisotopic (exact) mass is 141 g/mol. The summed E-state index contributed by atoms with van der Waals surface area (Å²) in [6.45, 7) is 7.85. The molecule has 0 aromatic rings. The molecule has 0 saturated heterocycles. The van der Waals surface area contributed by atoms with Gasteiger partial charge in [-0.05, 0) is 36.6 Å². The summed E-state index contributed by atoms with van der Waals surface area (Å²) in [7, 11) is 0. The molecule has 0 aromatic carbocycles. The molecule has 0 spiro atoms. The van der Waals surface area contributed by atoms with Gasteiger partial charge in [-0.25, -0.2) is 0 Å². The van der Waals surface area contributed by atoms with Crippen molar-refractivity contribution in [3.63, 3.8) is 0 Å². The molecule has 2 N–H and O–H groups in total. The fraction of sp³-hybridized carbons (Fsp3) is 1.00. The second kappa shape index (κ2) is 2.54. The number of hydrogen-bond donors (Lipinski definition) is 1. The van der Waals surface area contributed by atoms with E-state index >= 15 is 0 Å². The first-order valence-electron chi connectivity index (χ1n) is 4.26. The molecule has 1 nitrogen and oxygen atoms in total. The van der Waals surface area contributed by atoms with Gasteiger partial charge in [0.2, 0.25) is 0 Å². The molecule has 10 heavy (non-hydrogen) atoms. The van der Waals surface area contributed by atoms with Crippen LogP contribution in [-0.4, -0.2) is 6.54 Å². The fourth-order valence-electron chi connectivity index (χ4n) is 1.99. The molecule has 2 unspecified atom stereocenters. The van der Waals surface area contributed by atoms with Crippen LogP contribution in [0, 0.1) is 17.3 Å². The largest absolute Gasteiger partial charge is 0.330 e. The lowest BCUT2D eigenvalue weighted by Gasteiger charge is -2.44. The lowest BCUT2D eigenvalue weighted by atomic mass is 9.61. The average molecular weight is 141 g/mol. The Kier molecular flexibility index (Phi) is 2.04. The third-order valence-corrected chi connectivity index (χ3v) is 2.83. The van der Waals surface area contributed by atoms with Gasteiger partial charge in [-0.1, -0.05) is 20.8 Å². The van der Waals surface area contributed by atoms with Gasteiger partial charge < -0.3 is 5.73 Å². The van der Waals surface area contributed by atoms with Gasteiger partial charge in [0.25, 0.3) is 0 Å². The highest BCUT2D eigenvalue weighted by Gasteiger charge is 2.37. The van der Waals surface area contributed by atoms with E-state index in [1.54, 1.807) is 0 Å². The van der Waals surface area contributed by atoms with Gasteiger partial charge in [0.1, 0.15) is 0 Å². The summed E-state index contributed by atoms with van der Waals surface area (Å²) < 4.78 is 0. The van der Waals surface area contributed by atoms with Crippen LogP contribution in [0.3, 0.4) is 0 Å². The van der Waals surface area contributed by atoms with Crippen molar-refractivity contribution in [2.24, 2.45) is 23.0 Å². The van der Waals surface area contributed by atoms with E-state index in [4.69, 9.17) is 5.73 Å². The fourth-order valence-corrected chi connectivity index (χ4v) is 1.99. The van der Waals surface area contributed by atoms with Crippen molar-refractivity contribution in [2.45, 2.75) is 33.6 Å². The SMILES string of the molecule is CC(C)(C)C1CCC1CN. The molecular weight excluding hydrogens is 122 g/mol. The molecule has 1 aliphatic carbocycles. The first-order valence-corrected chi connectivity index (χ1v) is 4.26. The maximum Gasteiger partial charge on any atom is -0.00460 e. The van der Waals surface area contributed by atoms with Crippen LogP contribution in [0.15, 0.2) is 0 Å². The van der Waals surface area contributed by atoms with Gasteiger partial charge in [-0.3, -0.25) is 0 Å². The molecule has 60 valence electrons. The molecule has 2 atom stereocenters. The second-order valence-electron chi connectivity index (χ2n) is 4.55. The maximum absolute atomic E-state index is 5.62. The highest BCUT2D eigenvalue weighted by molar-refractivity contribution is 4.88. The molecule has 0 bridgehead atoms. The first-order chi connectivity index (χ1) is 4.55. The van der Waals surface area contributed by atoms with Crippen molar-refractivity contribution in [2.75, 3.05) is 6.54 Å². The van der Waals surface area contributed by atoms with Crippen molar-refractivity contribution in [3.8, 4) is 0 Å². The number of rotatable bonds is 1. The Morgan fingerprint density at radius 1 is 1.30 bits per heavy atom. The number of nitrogens with two attached hydrogens (primary N) is 1. The third kappa shape index (κ3) is 1.34. The van der Waals surface area contributed by atoms with Crippen LogP contribution in [0.4, 0.5) is 0 Å². The molecule has 1 aliphatic rings. The number of hydrogen-bond acceptors (Lipinski definition) is 1. The van der Waals surface area contributed by atoms with Crippen molar-refractivity contribution < 1.29 is 0 Å². The van der Waals surface area contributed by atoms with E-state index in [1.807, 2.05) is 0 Å². The van der Waals surface area contributed by atoms with Crippen LogP contribution in [0.25, 0.3) is 0 Å². The lowest BCUT2D eigenvalue weighted by Crippen LogP contribution is -2.40. The highest BCUT2D eigenvalue weighted by atomic mass is 14.6. The zero-order valence-electron chi connectivity index (χ0n) is 7.35. The van der Waals surface area contributed by atoms with Gasteiger partial charge in [-0.15, -0.1) is 0 Å². The Bertz CT molecular complexity index is 110. The van der Waals surface area contributed by atoms with E-state index < -0.39 is 0 Å². The van der Waals surface area contributed by atoms with Crippen LogP contribution < -0.4 is 5.73 Å². The lowest BCUT2D eigenvalue weighted by molar-refractivity contribution is 0.0620. The van der Waals surface area contributed by atoms with Crippen molar-refractivity contribution in [1.29, 1.82) is 0 Å². The van der Waals surface area contributed by atoms with Gasteiger partial charge in [0, 0.05) is 0 Å². The third-order valence-electron chi connectivity index (χ3n) is 2.83. The van der Waals surface area contributed by atoms with E-state index in [-0.39, 0.29) is 0 Å². The Morgan fingerprint density at radius 3 is 2.00 bits per heavy atom. The normalized spacial score (nSPS) is 33.6. The van der Waals surface area contributed by atoms with Crippen molar-refractivity contribution >= 4 is 0 Å². The van der Waals surface area contributed by atoms with Gasteiger partial charge in [-0.2, -0.15) is 0 Å². The Hall–Kier alpha value is -0.0400. The standard InChI is InChI=1S/C9H19N/c1-9(2,3)8-5-4-7(8)6-10/h7-8H,4-6,10H2,1-3H3. The molecule has 0 aromatic heterocycles. The molecule has 0 aliphatic heterocycles. The van der Waals surface area contributed by atoms with E-state index in [0.717, 1.165) is 18.4 Å². The highest BCUT2D eigenvalue weighted by Crippen LogP contribution is 2.45. The van der Waals surface area contributed by atoms with Crippen molar-refractivity contribution in [1.82, 2.24) is 0 Å². The predicted octanol–water partition coefficient (Wildman–Crippen LogP) is 2.02. The topological polar surface area (TPSA) is 26.0 Å². The summed E-state index contributed by atoms with van der Waals surface area (Å²) >= 11 is 0. The summed E-state index contributed by atoms with van der Waals surface area (Å²) in [6.07, 6.45) is 2.75. The van der Waals surface area contributed by atoms with Gasteiger partial charge in [0.15, 0.2) is 0 Å². The second-order valence-corrected chi connectivity index (χ2v) is 4.55. The minimum absolute atomic E-state index is 0.488. The zero-order chi connectivity index (χ0) is 7.78. The van der Waals surface area contributed by atoms with Crippen LogP contribution in [-0.2, 0) is 0 Å². The van der Waals surface area contributed by atoms with E-state index in [2.05, 4.69) is 20.8 Å². The quantitative estimate of drug-likeness (QED) is 0.594. The minimum atomic E-state index is 0.488. The molecule has 0 amide bonds. The smallest absolute Gasteiger partial charge is 0.00460 e. The van der Waals surface area contributed by atoms with Crippen LogP contribution in [0.5, 0.6) is 0 Å². The molecule has 0 heterocycles. The Morgan fingerprint density at radius 2 is 1.90 bits per heavy atom. The summed E-state index contributed by atoms with van der Waals surface area (Å²) in [5.41, 5.74) is 6.11. The van der Waals surface area contributed by atoms with Crippen LogP contribution in [0.2, 0.25) is 0 Å². The van der Waals surface area contributed by atoms with Crippen LogP contribution >= 0.6 is 0 Å². The molecule has 1 heteroatoms. The Balaban J connectivity index is 2.43. The predicted molar refractivity (Wildman–Crippen MR) is 44.7 cm³/mol. The van der Waals surface area contributed by atoms with E-state index in [0.29, 0.717) is 5.41 Å². The van der Waals surface area contributed by atoms with Crippen molar-refractivity contribution in [3.05, 3.63) is 0 Å². The van der Waals surface area contributed by atoms with Crippen LogP contribution in [0.1, 0.15) is 33.6 Å². The molecule has 0 radical (unpaired) electrons.